The quantitative estimate of drug-likeness (QED) is 0.548. The molecule has 1 fully saturated rings. The van der Waals surface area contributed by atoms with Gasteiger partial charge >= 0.3 is 6.03 Å². The van der Waals surface area contributed by atoms with Crippen molar-refractivity contribution in [3.8, 4) is 5.69 Å². The molecule has 3 aromatic rings. The summed E-state index contributed by atoms with van der Waals surface area (Å²) in [6.07, 6.45) is 6.25. The largest absolute Gasteiger partial charge is 0.351 e. The molecule has 0 aliphatic heterocycles. The second kappa shape index (κ2) is 11.2. The summed E-state index contributed by atoms with van der Waals surface area (Å²) in [5.74, 6) is -0.0335. The number of pyridine rings is 1. The van der Waals surface area contributed by atoms with Gasteiger partial charge in [0.05, 0.1) is 0 Å². The average molecular weight is 453 g/mol. The molecule has 1 saturated carbocycles. The Morgan fingerprint density at radius 3 is 2.19 bits per heavy atom. The lowest BCUT2D eigenvalue weighted by molar-refractivity contribution is 0.0938. The Hall–Kier alpha value is -3.58. The molecule has 32 heavy (non-hydrogen) atoms. The Balaban J connectivity index is 0.000000222. The summed E-state index contributed by atoms with van der Waals surface area (Å²) in [6, 6.07) is 18.6. The van der Waals surface area contributed by atoms with E-state index >= 15 is 0 Å². The number of nitrogens with one attached hydrogen (secondary N) is 2. The van der Waals surface area contributed by atoms with Crippen LogP contribution in [0.4, 0.5) is 10.5 Å². The highest BCUT2D eigenvalue weighted by atomic mass is 35.5. The molecule has 0 bridgehead atoms. The number of carbonyl (C=O) groups excluding carboxylic acids is 2. The maximum Gasteiger partial charge on any atom is 0.316 e. The summed E-state index contributed by atoms with van der Waals surface area (Å²) >= 11 is 5.60. The first-order valence-corrected chi connectivity index (χ1v) is 10.7. The van der Waals surface area contributed by atoms with Crippen molar-refractivity contribution in [3.05, 3.63) is 93.9 Å². The SMILES string of the molecule is NC(=O)Nc1ccc(Cl)cc1.O=C(NC1CCCC1)c1ccc(-n2ccccc2=O)cc1. The van der Waals surface area contributed by atoms with Crippen LogP contribution in [0.3, 0.4) is 0 Å². The molecule has 4 rings (SSSR count). The first kappa shape index (κ1) is 23.1. The van der Waals surface area contributed by atoms with Gasteiger partial charge in [-0.1, -0.05) is 30.5 Å². The van der Waals surface area contributed by atoms with Crippen LogP contribution in [0, 0.1) is 0 Å². The number of carbonyl (C=O) groups is 2. The van der Waals surface area contributed by atoms with Gasteiger partial charge in [-0.05, 0) is 67.4 Å². The van der Waals surface area contributed by atoms with E-state index < -0.39 is 6.03 Å². The van der Waals surface area contributed by atoms with E-state index in [-0.39, 0.29) is 11.5 Å². The van der Waals surface area contributed by atoms with Crippen molar-refractivity contribution in [2.45, 2.75) is 31.7 Å². The molecule has 7 nitrogen and oxygen atoms in total. The molecule has 1 aliphatic carbocycles. The predicted molar refractivity (Wildman–Crippen MR) is 126 cm³/mol. The highest BCUT2D eigenvalue weighted by molar-refractivity contribution is 6.30. The topological polar surface area (TPSA) is 106 Å². The lowest BCUT2D eigenvalue weighted by Crippen LogP contribution is -2.32. The summed E-state index contributed by atoms with van der Waals surface area (Å²) in [5.41, 5.74) is 6.83. The summed E-state index contributed by atoms with van der Waals surface area (Å²) < 4.78 is 1.55. The lowest BCUT2D eigenvalue weighted by atomic mass is 10.1. The van der Waals surface area contributed by atoms with E-state index in [0.717, 1.165) is 18.5 Å². The van der Waals surface area contributed by atoms with Gasteiger partial charge in [-0.3, -0.25) is 14.2 Å². The molecule has 0 spiro atoms. The first-order valence-electron chi connectivity index (χ1n) is 10.3. The number of anilines is 1. The van der Waals surface area contributed by atoms with Crippen molar-refractivity contribution in [2.24, 2.45) is 5.73 Å². The van der Waals surface area contributed by atoms with E-state index in [2.05, 4.69) is 10.6 Å². The van der Waals surface area contributed by atoms with Crippen LogP contribution in [0.2, 0.25) is 5.02 Å². The maximum atomic E-state index is 12.1. The van der Waals surface area contributed by atoms with Crippen LogP contribution in [-0.4, -0.2) is 22.5 Å². The minimum Gasteiger partial charge on any atom is -0.351 e. The minimum absolute atomic E-state index is 0.0335. The second-order valence-electron chi connectivity index (χ2n) is 7.41. The van der Waals surface area contributed by atoms with Gasteiger partial charge in [-0.2, -0.15) is 0 Å². The van der Waals surface area contributed by atoms with Gasteiger partial charge in [-0.25, -0.2) is 4.79 Å². The van der Waals surface area contributed by atoms with Crippen LogP contribution >= 0.6 is 11.6 Å². The van der Waals surface area contributed by atoms with Crippen LogP contribution in [0.15, 0.2) is 77.7 Å². The Bertz CT molecular complexity index is 1110. The summed E-state index contributed by atoms with van der Waals surface area (Å²) in [4.78, 5) is 34.2. The molecular formula is C24H25ClN4O3. The zero-order valence-corrected chi connectivity index (χ0v) is 18.2. The van der Waals surface area contributed by atoms with Crippen LogP contribution in [0.25, 0.3) is 5.69 Å². The lowest BCUT2D eigenvalue weighted by Gasteiger charge is -2.12. The second-order valence-corrected chi connectivity index (χ2v) is 7.84. The third-order valence-electron chi connectivity index (χ3n) is 5.03. The van der Waals surface area contributed by atoms with Crippen molar-refractivity contribution >= 4 is 29.2 Å². The minimum atomic E-state index is -0.577. The van der Waals surface area contributed by atoms with E-state index in [1.807, 2.05) is 6.07 Å². The standard InChI is InChI=1S/C17H18N2O2.C7H7ClN2O/c20-16-7-3-4-12-19(16)15-10-8-13(9-11-15)17(21)18-14-5-1-2-6-14;8-5-1-3-6(4-2-5)10-7(9)11/h3-4,7-12,14H,1-2,5-6H2,(H,18,21);1-4H,(H3,9,10,11). The monoisotopic (exact) mass is 452 g/mol. The molecule has 0 atom stereocenters. The van der Waals surface area contributed by atoms with E-state index in [9.17, 15) is 14.4 Å². The molecule has 4 N–H and O–H groups in total. The molecule has 1 heterocycles. The predicted octanol–water partition coefficient (Wildman–Crippen LogP) is 4.34. The molecule has 3 amide bonds. The highest BCUT2D eigenvalue weighted by Crippen LogP contribution is 2.18. The third kappa shape index (κ3) is 6.72. The Labute approximate surface area is 191 Å². The fourth-order valence-electron chi connectivity index (χ4n) is 3.43. The van der Waals surface area contributed by atoms with Crippen molar-refractivity contribution in [1.29, 1.82) is 0 Å². The summed E-state index contributed by atoms with van der Waals surface area (Å²) in [6.45, 7) is 0. The fraction of sp³-hybridized carbons (Fsp3) is 0.208. The number of benzene rings is 2. The smallest absolute Gasteiger partial charge is 0.316 e. The van der Waals surface area contributed by atoms with Gasteiger partial charge in [0.1, 0.15) is 0 Å². The van der Waals surface area contributed by atoms with Crippen LogP contribution in [0.1, 0.15) is 36.0 Å². The van der Waals surface area contributed by atoms with Crippen LogP contribution < -0.4 is 21.9 Å². The van der Waals surface area contributed by atoms with Crippen LogP contribution in [0.5, 0.6) is 0 Å². The zero-order valence-electron chi connectivity index (χ0n) is 17.5. The number of hydrogen-bond donors (Lipinski definition) is 3. The summed E-state index contributed by atoms with van der Waals surface area (Å²) in [5, 5.41) is 6.10. The van der Waals surface area contributed by atoms with Crippen molar-refractivity contribution in [2.75, 3.05) is 5.32 Å². The van der Waals surface area contributed by atoms with E-state index in [4.69, 9.17) is 17.3 Å². The Morgan fingerprint density at radius 2 is 1.59 bits per heavy atom. The zero-order chi connectivity index (χ0) is 22.9. The number of hydrogen-bond acceptors (Lipinski definition) is 3. The molecule has 0 saturated heterocycles. The average Bonchev–Trinajstić information content (AvgIpc) is 3.29. The summed E-state index contributed by atoms with van der Waals surface area (Å²) in [7, 11) is 0. The Kier molecular flexibility index (Phi) is 8.05. The van der Waals surface area contributed by atoms with E-state index in [1.165, 1.54) is 18.9 Å². The van der Waals surface area contributed by atoms with Gasteiger partial charge in [0, 0.05) is 40.3 Å². The van der Waals surface area contributed by atoms with E-state index in [1.54, 1.807) is 65.4 Å². The third-order valence-corrected chi connectivity index (χ3v) is 5.28. The number of amides is 3. The maximum absolute atomic E-state index is 12.1. The van der Waals surface area contributed by atoms with E-state index in [0.29, 0.717) is 22.3 Å². The van der Waals surface area contributed by atoms with Crippen molar-refractivity contribution < 1.29 is 9.59 Å². The van der Waals surface area contributed by atoms with Gasteiger partial charge in [0.15, 0.2) is 0 Å². The van der Waals surface area contributed by atoms with Crippen molar-refractivity contribution in [1.82, 2.24) is 9.88 Å². The first-order chi connectivity index (χ1) is 15.4. The highest BCUT2D eigenvalue weighted by Gasteiger charge is 2.17. The number of rotatable bonds is 4. The number of aromatic nitrogens is 1. The molecule has 8 heteroatoms. The van der Waals surface area contributed by atoms with Gasteiger partial charge in [-0.15, -0.1) is 0 Å². The van der Waals surface area contributed by atoms with Gasteiger partial charge in [0.2, 0.25) is 0 Å². The number of halogens is 1. The molecule has 0 radical (unpaired) electrons. The molecule has 1 aromatic heterocycles. The number of urea groups is 1. The Morgan fingerprint density at radius 1 is 0.938 bits per heavy atom. The number of nitrogens with two attached hydrogens (primary N) is 1. The molecular weight excluding hydrogens is 428 g/mol. The molecule has 1 aliphatic rings. The molecule has 2 aromatic carbocycles. The van der Waals surface area contributed by atoms with Crippen molar-refractivity contribution in [3.63, 3.8) is 0 Å². The van der Waals surface area contributed by atoms with Gasteiger partial charge in [0.25, 0.3) is 11.5 Å². The molecule has 166 valence electrons. The van der Waals surface area contributed by atoms with Gasteiger partial charge < -0.3 is 16.4 Å². The normalized spacial score (nSPS) is 13.0. The fourth-order valence-corrected chi connectivity index (χ4v) is 3.55. The number of nitrogens with zero attached hydrogens (tertiary/aromatic N) is 1. The number of primary amides is 1. The molecule has 0 unspecified atom stereocenters. The van der Waals surface area contributed by atoms with Crippen LogP contribution in [-0.2, 0) is 0 Å².